The Kier molecular flexibility index (Phi) is 6.19. The van der Waals surface area contributed by atoms with Crippen molar-refractivity contribution in [2.75, 3.05) is 18.0 Å². The number of nitrogens with zero attached hydrogens (tertiary/aromatic N) is 5. The molecule has 0 atom stereocenters. The van der Waals surface area contributed by atoms with Gasteiger partial charge in [-0.05, 0) is 56.0 Å². The summed E-state index contributed by atoms with van der Waals surface area (Å²) in [6.07, 6.45) is 3.24. The van der Waals surface area contributed by atoms with Crippen molar-refractivity contribution < 1.29 is 14.1 Å². The number of carbonyl (C=O) groups excluding carboxylic acids is 1. The number of benzene rings is 2. The molecule has 1 saturated heterocycles. The molecule has 2 heterocycles. The third-order valence-electron chi connectivity index (χ3n) is 6.40. The van der Waals surface area contributed by atoms with Crippen molar-refractivity contribution in [3.05, 3.63) is 69.6 Å². The van der Waals surface area contributed by atoms with Crippen molar-refractivity contribution in [3.8, 4) is 11.5 Å². The largest absolute Gasteiger partial charge is 0.419 e. The smallest absolute Gasteiger partial charge is 0.292 e. The molecule has 5 rings (SSSR count). The molecule has 2 fully saturated rings. The molecular weight excluding hydrogens is 458 g/mol. The number of hydrogen-bond acceptors (Lipinski definition) is 7. The third-order valence-corrected chi connectivity index (χ3v) is 6.65. The highest BCUT2D eigenvalue weighted by Crippen LogP contribution is 2.35. The van der Waals surface area contributed by atoms with Gasteiger partial charge in [-0.2, -0.15) is 0 Å². The fourth-order valence-corrected chi connectivity index (χ4v) is 4.56. The average molecular weight is 482 g/mol. The van der Waals surface area contributed by atoms with E-state index in [9.17, 15) is 14.9 Å². The number of aromatic nitrogens is 2. The maximum absolute atomic E-state index is 13.4. The van der Waals surface area contributed by atoms with E-state index >= 15 is 0 Å². The lowest BCUT2D eigenvalue weighted by atomic mass is 9.94. The summed E-state index contributed by atoms with van der Waals surface area (Å²) in [5, 5.41) is 20.3. The monoisotopic (exact) mass is 481 g/mol. The normalized spacial score (nSPS) is 16.4. The number of nitro benzene ring substituents is 1. The fraction of sp³-hybridized carbons (Fsp3) is 0.375. The van der Waals surface area contributed by atoms with Gasteiger partial charge in [-0.25, -0.2) is 0 Å². The predicted octanol–water partition coefficient (Wildman–Crippen LogP) is 4.71. The van der Waals surface area contributed by atoms with Crippen LogP contribution in [0.1, 0.15) is 31.6 Å². The van der Waals surface area contributed by atoms with E-state index in [2.05, 4.69) is 10.2 Å². The second kappa shape index (κ2) is 9.42. The minimum absolute atomic E-state index is 0.0935. The zero-order valence-corrected chi connectivity index (χ0v) is 19.2. The molecule has 1 saturated carbocycles. The number of halogens is 1. The van der Waals surface area contributed by atoms with Crippen LogP contribution in [0, 0.1) is 16.0 Å². The van der Waals surface area contributed by atoms with E-state index in [1.54, 1.807) is 30.3 Å². The number of para-hydroxylation sites is 2. The SMILES string of the molecule is O=C(C1CCN(c2ccccc2[N+](=O)[O-])CC1)N(Cc1nnc(-c2ccc(Cl)cc2)o1)C1CC1. The highest BCUT2D eigenvalue weighted by atomic mass is 35.5. The van der Waals surface area contributed by atoms with Gasteiger partial charge in [-0.3, -0.25) is 14.9 Å². The number of rotatable bonds is 7. The number of amides is 1. The fourth-order valence-electron chi connectivity index (χ4n) is 4.43. The maximum Gasteiger partial charge on any atom is 0.292 e. The number of nitro groups is 1. The molecule has 0 unspecified atom stereocenters. The van der Waals surface area contributed by atoms with E-state index < -0.39 is 0 Å². The molecule has 3 aromatic rings. The van der Waals surface area contributed by atoms with Crippen LogP contribution in [0.5, 0.6) is 0 Å². The Morgan fingerprint density at radius 2 is 1.79 bits per heavy atom. The van der Waals surface area contributed by atoms with Crippen molar-refractivity contribution in [2.24, 2.45) is 5.92 Å². The second-order valence-corrected chi connectivity index (χ2v) is 9.15. The van der Waals surface area contributed by atoms with E-state index in [4.69, 9.17) is 16.0 Å². The lowest BCUT2D eigenvalue weighted by molar-refractivity contribution is -0.384. The van der Waals surface area contributed by atoms with Crippen LogP contribution in [0.4, 0.5) is 11.4 Å². The third kappa shape index (κ3) is 4.75. The van der Waals surface area contributed by atoms with E-state index in [1.165, 1.54) is 6.07 Å². The van der Waals surface area contributed by atoms with Gasteiger partial charge in [0.1, 0.15) is 5.69 Å². The highest BCUT2D eigenvalue weighted by Gasteiger charge is 2.38. The van der Waals surface area contributed by atoms with Crippen LogP contribution in [0.25, 0.3) is 11.5 Å². The van der Waals surface area contributed by atoms with Gasteiger partial charge in [0.2, 0.25) is 17.7 Å². The summed E-state index contributed by atoms with van der Waals surface area (Å²) in [7, 11) is 0. The van der Waals surface area contributed by atoms with E-state index in [0.29, 0.717) is 48.4 Å². The summed E-state index contributed by atoms with van der Waals surface area (Å²) in [5.74, 6) is 0.768. The minimum Gasteiger partial charge on any atom is -0.419 e. The van der Waals surface area contributed by atoms with Crippen LogP contribution in [0.15, 0.2) is 52.9 Å². The van der Waals surface area contributed by atoms with Gasteiger partial charge in [0.15, 0.2) is 0 Å². The first-order chi connectivity index (χ1) is 16.5. The zero-order chi connectivity index (χ0) is 23.7. The van der Waals surface area contributed by atoms with Gasteiger partial charge in [0.05, 0.1) is 11.5 Å². The molecule has 9 nitrogen and oxygen atoms in total. The summed E-state index contributed by atoms with van der Waals surface area (Å²) in [6, 6.07) is 14.1. The van der Waals surface area contributed by atoms with Gasteiger partial charge in [-0.1, -0.05) is 23.7 Å². The highest BCUT2D eigenvalue weighted by molar-refractivity contribution is 6.30. The van der Waals surface area contributed by atoms with Gasteiger partial charge in [-0.15, -0.1) is 10.2 Å². The van der Waals surface area contributed by atoms with Gasteiger partial charge >= 0.3 is 0 Å². The molecule has 0 spiro atoms. The summed E-state index contributed by atoms with van der Waals surface area (Å²) in [6.45, 7) is 1.48. The molecule has 2 aromatic carbocycles. The predicted molar refractivity (Wildman–Crippen MR) is 126 cm³/mol. The molecule has 1 amide bonds. The Bertz CT molecular complexity index is 1190. The van der Waals surface area contributed by atoms with E-state index in [1.807, 2.05) is 21.9 Å². The molecule has 2 aliphatic rings. The Hall–Kier alpha value is -3.46. The second-order valence-electron chi connectivity index (χ2n) is 8.71. The first-order valence-corrected chi connectivity index (χ1v) is 11.7. The Morgan fingerprint density at radius 3 is 2.47 bits per heavy atom. The molecule has 0 N–H and O–H groups in total. The minimum atomic E-state index is -0.357. The Balaban J connectivity index is 1.24. The summed E-state index contributed by atoms with van der Waals surface area (Å²) < 4.78 is 5.83. The van der Waals surface area contributed by atoms with Crippen LogP contribution < -0.4 is 4.90 Å². The first-order valence-electron chi connectivity index (χ1n) is 11.4. The van der Waals surface area contributed by atoms with Crippen LogP contribution in [0.2, 0.25) is 5.02 Å². The lowest BCUT2D eigenvalue weighted by Crippen LogP contribution is -2.43. The Labute approximate surface area is 201 Å². The van der Waals surface area contributed by atoms with Crippen LogP contribution in [-0.2, 0) is 11.3 Å². The average Bonchev–Trinajstić information content (AvgIpc) is 3.60. The number of anilines is 1. The summed E-state index contributed by atoms with van der Waals surface area (Å²) in [5.41, 5.74) is 1.48. The molecular formula is C24H24ClN5O4. The van der Waals surface area contributed by atoms with Gasteiger partial charge in [0.25, 0.3) is 5.69 Å². The molecule has 34 heavy (non-hydrogen) atoms. The van der Waals surface area contributed by atoms with Crippen LogP contribution in [-0.4, -0.2) is 45.1 Å². The molecule has 1 aromatic heterocycles. The molecule has 0 bridgehead atoms. The van der Waals surface area contributed by atoms with E-state index in [-0.39, 0.29) is 35.0 Å². The lowest BCUT2D eigenvalue weighted by Gasteiger charge is -2.35. The van der Waals surface area contributed by atoms with E-state index in [0.717, 1.165) is 18.4 Å². The van der Waals surface area contributed by atoms with Crippen molar-refractivity contribution in [3.63, 3.8) is 0 Å². The summed E-state index contributed by atoms with van der Waals surface area (Å²) >= 11 is 5.95. The van der Waals surface area contributed by atoms with Crippen molar-refractivity contribution >= 4 is 28.9 Å². The molecule has 1 aliphatic carbocycles. The van der Waals surface area contributed by atoms with Crippen molar-refractivity contribution in [1.29, 1.82) is 0 Å². The topological polar surface area (TPSA) is 106 Å². The molecule has 10 heteroatoms. The van der Waals surface area contributed by atoms with Crippen LogP contribution >= 0.6 is 11.6 Å². The number of carbonyl (C=O) groups is 1. The Morgan fingerprint density at radius 1 is 1.09 bits per heavy atom. The number of hydrogen-bond donors (Lipinski definition) is 0. The quantitative estimate of drug-likeness (QED) is 0.355. The standard InChI is InChI=1S/C24H24ClN5O4/c25-18-7-5-16(6-8-18)23-27-26-22(34-23)15-29(19-9-10-19)24(31)17-11-13-28(14-12-17)20-3-1-2-4-21(20)30(32)33/h1-8,17,19H,9-15H2. The van der Waals surface area contributed by atoms with Crippen molar-refractivity contribution in [1.82, 2.24) is 15.1 Å². The maximum atomic E-state index is 13.4. The zero-order valence-electron chi connectivity index (χ0n) is 18.5. The molecule has 0 radical (unpaired) electrons. The number of piperidine rings is 1. The summed E-state index contributed by atoms with van der Waals surface area (Å²) in [4.78, 5) is 28.3. The molecule has 1 aliphatic heterocycles. The first kappa shape index (κ1) is 22.3. The molecule has 176 valence electrons. The van der Waals surface area contributed by atoms with Gasteiger partial charge < -0.3 is 14.2 Å². The van der Waals surface area contributed by atoms with Crippen molar-refractivity contribution in [2.45, 2.75) is 38.3 Å². The van der Waals surface area contributed by atoms with Crippen LogP contribution in [0.3, 0.4) is 0 Å². The van der Waals surface area contributed by atoms with Gasteiger partial charge in [0, 0.05) is 41.7 Å².